The van der Waals surface area contributed by atoms with Crippen LogP contribution in [0.15, 0.2) is 42.5 Å². The van der Waals surface area contributed by atoms with Crippen LogP contribution in [0.3, 0.4) is 0 Å². The van der Waals surface area contributed by atoms with Gasteiger partial charge in [-0.3, -0.25) is 0 Å². The largest absolute Gasteiger partial charge is 0.496 e. The maximum Gasteiger partial charge on any atom is 0.140 e. The van der Waals surface area contributed by atoms with E-state index in [9.17, 15) is 0 Å². The average molecular weight is 352 g/mol. The van der Waals surface area contributed by atoms with Gasteiger partial charge in [0.05, 0.1) is 24.3 Å². The molecule has 2 heterocycles. The van der Waals surface area contributed by atoms with Gasteiger partial charge in [-0.15, -0.1) is 0 Å². The van der Waals surface area contributed by atoms with Crippen LogP contribution in [-0.4, -0.2) is 19.8 Å². The molecule has 2 aromatic carbocycles. The Balaban J connectivity index is 1.86. The van der Waals surface area contributed by atoms with E-state index in [0.717, 1.165) is 40.4 Å². The van der Waals surface area contributed by atoms with Crippen LogP contribution in [0, 0.1) is 0 Å². The third-order valence-corrected chi connectivity index (χ3v) is 4.99. The molecule has 0 bridgehead atoms. The highest BCUT2D eigenvalue weighted by Gasteiger charge is 2.37. The summed E-state index contributed by atoms with van der Waals surface area (Å²) in [6.07, 6.45) is 4.69. The van der Waals surface area contributed by atoms with Crippen molar-refractivity contribution in [1.82, 2.24) is 0 Å². The van der Waals surface area contributed by atoms with Crippen molar-refractivity contribution in [3.8, 4) is 17.2 Å². The smallest absolute Gasteiger partial charge is 0.140 e. The van der Waals surface area contributed by atoms with Gasteiger partial charge in [0.15, 0.2) is 0 Å². The van der Waals surface area contributed by atoms with E-state index in [0.29, 0.717) is 0 Å². The first-order valence-electron chi connectivity index (χ1n) is 8.90. The van der Waals surface area contributed by atoms with Crippen molar-refractivity contribution in [2.45, 2.75) is 38.1 Å². The molecule has 2 aliphatic rings. The van der Waals surface area contributed by atoms with Gasteiger partial charge in [-0.2, -0.15) is 0 Å². The first-order valence-corrected chi connectivity index (χ1v) is 8.90. The molecule has 4 heteroatoms. The maximum atomic E-state index is 6.47. The molecule has 0 N–H and O–H groups in total. The van der Waals surface area contributed by atoms with Gasteiger partial charge in [0.1, 0.15) is 29.0 Å². The van der Waals surface area contributed by atoms with Crippen molar-refractivity contribution in [2.75, 3.05) is 14.2 Å². The van der Waals surface area contributed by atoms with Crippen LogP contribution in [0.1, 0.15) is 49.2 Å². The molecule has 4 rings (SSSR count). The topological polar surface area (TPSA) is 36.9 Å². The lowest BCUT2D eigenvalue weighted by Gasteiger charge is -2.36. The Kier molecular flexibility index (Phi) is 4.16. The molecule has 0 saturated carbocycles. The van der Waals surface area contributed by atoms with Gasteiger partial charge in [-0.25, -0.2) is 0 Å². The Labute approximate surface area is 154 Å². The standard InChI is InChI=1S/C22H24O4/c1-22(2)11-10-15-17(26-22)13-19(24-4)20-18(23-3)12-16(25-21(15)20)14-8-6-5-7-9-14/h5-11,13,16,18H,12H2,1-4H3/t16-,18+/m0/s1. The van der Waals surface area contributed by atoms with Crippen LogP contribution < -0.4 is 14.2 Å². The van der Waals surface area contributed by atoms with Gasteiger partial charge in [0.25, 0.3) is 0 Å². The van der Waals surface area contributed by atoms with Crippen molar-refractivity contribution in [3.63, 3.8) is 0 Å². The number of benzene rings is 2. The first kappa shape index (κ1) is 17.0. The molecule has 136 valence electrons. The highest BCUT2D eigenvalue weighted by Crippen LogP contribution is 2.52. The van der Waals surface area contributed by atoms with Crippen molar-refractivity contribution < 1.29 is 18.9 Å². The Hall–Kier alpha value is -2.46. The van der Waals surface area contributed by atoms with Crippen molar-refractivity contribution in [3.05, 3.63) is 59.2 Å². The molecule has 0 aromatic heterocycles. The Morgan fingerprint density at radius 1 is 1.12 bits per heavy atom. The average Bonchev–Trinajstić information content (AvgIpc) is 2.66. The lowest BCUT2D eigenvalue weighted by molar-refractivity contribution is 0.0273. The summed E-state index contributed by atoms with van der Waals surface area (Å²) in [7, 11) is 3.40. The lowest BCUT2D eigenvalue weighted by atomic mass is 9.90. The molecule has 0 saturated heterocycles. The minimum Gasteiger partial charge on any atom is -0.496 e. The van der Waals surface area contributed by atoms with Gasteiger partial charge >= 0.3 is 0 Å². The van der Waals surface area contributed by atoms with Crippen LogP contribution in [0.25, 0.3) is 6.08 Å². The molecule has 0 radical (unpaired) electrons. The van der Waals surface area contributed by atoms with E-state index in [4.69, 9.17) is 18.9 Å². The number of ether oxygens (including phenoxy) is 4. The monoisotopic (exact) mass is 352 g/mol. The second kappa shape index (κ2) is 6.36. The SMILES string of the molecule is COc1cc2c(c3c1[C@H](OC)C[C@@H](c1ccccc1)O3)C=CC(C)(C)O2. The molecule has 2 aliphatic heterocycles. The molecule has 0 fully saturated rings. The van der Waals surface area contributed by atoms with E-state index in [1.807, 2.05) is 38.1 Å². The highest BCUT2D eigenvalue weighted by atomic mass is 16.5. The number of methoxy groups -OCH3 is 2. The maximum absolute atomic E-state index is 6.47. The van der Waals surface area contributed by atoms with Crippen LogP contribution in [0.2, 0.25) is 0 Å². The molecular weight excluding hydrogens is 328 g/mol. The van der Waals surface area contributed by atoms with Crippen molar-refractivity contribution in [2.24, 2.45) is 0 Å². The van der Waals surface area contributed by atoms with Gasteiger partial charge in [-0.1, -0.05) is 30.3 Å². The molecule has 26 heavy (non-hydrogen) atoms. The van der Waals surface area contributed by atoms with Gasteiger partial charge in [-0.05, 0) is 31.6 Å². The minimum atomic E-state index is -0.361. The molecule has 0 spiro atoms. The molecule has 0 amide bonds. The second-order valence-corrected chi connectivity index (χ2v) is 7.25. The van der Waals surface area contributed by atoms with E-state index in [2.05, 4.69) is 24.3 Å². The van der Waals surface area contributed by atoms with E-state index in [1.165, 1.54) is 0 Å². The molecule has 2 atom stereocenters. The summed E-state index contributed by atoms with van der Waals surface area (Å²) >= 11 is 0. The zero-order valence-corrected chi connectivity index (χ0v) is 15.6. The zero-order valence-electron chi connectivity index (χ0n) is 15.6. The Morgan fingerprint density at radius 3 is 2.58 bits per heavy atom. The summed E-state index contributed by atoms with van der Waals surface area (Å²) < 4.78 is 24.1. The molecule has 0 unspecified atom stereocenters. The fourth-order valence-electron chi connectivity index (χ4n) is 3.68. The third kappa shape index (κ3) is 2.84. The fraction of sp³-hybridized carbons (Fsp3) is 0.364. The summed E-state index contributed by atoms with van der Waals surface area (Å²) in [4.78, 5) is 0. The van der Waals surface area contributed by atoms with E-state index >= 15 is 0 Å². The minimum absolute atomic E-state index is 0.0757. The summed E-state index contributed by atoms with van der Waals surface area (Å²) in [5.74, 6) is 2.30. The normalized spacial score (nSPS) is 22.6. The van der Waals surface area contributed by atoms with E-state index < -0.39 is 0 Å². The highest BCUT2D eigenvalue weighted by molar-refractivity contribution is 5.72. The number of fused-ring (bicyclic) bond motifs is 3. The van der Waals surface area contributed by atoms with Gasteiger partial charge in [0, 0.05) is 19.6 Å². The van der Waals surface area contributed by atoms with Crippen LogP contribution in [0.5, 0.6) is 17.2 Å². The van der Waals surface area contributed by atoms with Gasteiger partial charge < -0.3 is 18.9 Å². The van der Waals surface area contributed by atoms with Crippen LogP contribution in [-0.2, 0) is 4.74 Å². The fourth-order valence-corrected chi connectivity index (χ4v) is 3.68. The molecule has 4 nitrogen and oxygen atoms in total. The predicted molar refractivity (Wildman–Crippen MR) is 101 cm³/mol. The summed E-state index contributed by atoms with van der Waals surface area (Å²) in [6.45, 7) is 4.06. The van der Waals surface area contributed by atoms with E-state index in [1.54, 1.807) is 14.2 Å². The van der Waals surface area contributed by atoms with Crippen LogP contribution in [0.4, 0.5) is 0 Å². The first-order chi connectivity index (χ1) is 12.5. The molecule has 0 aliphatic carbocycles. The summed E-state index contributed by atoms with van der Waals surface area (Å²) in [6, 6.07) is 12.2. The van der Waals surface area contributed by atoms with E-state index in [-0.39, 0.29) is 17.8 Å². The van der Waals surface area contributed by atoms with Crippen LogP contribution >= 0.6 is 0 Å². The number of hydrogen-bond acceptors (Lipinski definition) is 4. The number of hydrogen-bond donors (Lipinski definition) is 0. The van der Waals surface area contributed by atoms with Crippen molar-refractivity contribution in [1.29, 1.82) is 0 Å². The zero-order chi connectivity index (χ0) is 18.3. The molecular formula is C22H24O4. The Morgan fingerprint density at radius 2 is 1.88 bits per heavy atom. The van der Waals surface area contributed by atoms with Gasteiger partial charge in [0.2, 0.25) is 0 Å². The third-order valence-electron chi connectivity index (χ3n) is 4.99. The summed E-state index contributed by atoms with van der Waals surface area (Å²) in [5, 5.41) is 0. The number of rotatable bonds is 3. The Bertz CT molecular complexity index is 839. The quantitative estimate of drug-likeness (QED) is 0.771. The summed E-state index contributed by atoms with van der Waals surface area (Å²) in [5.41, 5.74) is 2.68. The predicted octanol–water partition coefficient (Wildman–Crippen LogP) is 5.09. The second-order valence-electron chi connectivity index (χ2n) is 7.25. The lowest BCUT2D eigenvalue weighted by Crippen LogP contribution is -2.29. The molecule has 2 aromatic rings. The van der Waals surface area contributed by atoms with Crippen molar-refractivity contribution >= 4 is 6.08 Å².